The average molecular weight is 340 g/mol. The van der Waals surface area contributed by atoms with Crippen molar-refractivity contribution in [2.75, 3.05) is 6.61 Å². The summed E-state index contributed by atoms with van der Waals surface area (Å²) in [5.74, 6) is 0. The second-order valence-corrected chi connectivity index (χ2v) is 6.33. The summed E-state index contributed by atoms with van der Waals surface area (Å²) in [4.78, 5) is 34.1. The predicted molar refractivity (Wildman–Crippen MR) is 57.8 cm³/mol. The Morgan fingerprint density at radius 3 is 1.90 bits per heavy atom. The molecule has 1 saturated heterocycles. The molecule has 0 radical (unpaired) electrons. The summed E-state index contributed by atoms with van der Waals surface area (Å²) in [6.45, 7) is -0.907. The molecule has 5 atom stereocenters. The average Bonchev–Trinajstić information content (AvgIpc) is 2.25. The third-order valence-corrected chi connectivity index (χ3v) is 3.28. The molecule has 0 aliphatic carbocycles. The zero-order valence-electron chi connectivity index (χ0n) is 9.66. The van der Waals surface area contributed by atoms with E-state index in [0.717, 1.165) is 0 Å². The van der Waals surface area contributed by atoms with E-state index in [0.29, 0.717) is 0 Å². The molecule has 0 aromatic rings. The highest BCUT2D eigenvalue weighted by Crippen LogP contribution is 2.41. The first-order valence-corrected chi connectivity index (χ1v) is 8.10. The largest absolute Gasteiger partial charge is 0.472 e. The Labute approximate surface area is 112 Å². The van der Waals surface area contributed by atoms with Gasteiger partial charge in [0.25, 0.3) is 0 Å². The molecule has 120 valence electrons. The first kappa shape index (κ1) is 18.1. The molecule has 1 fully saturated rings. The molecule has 0 amide bonds. The van der Waals surface area contributed by atoms with Crippen LogP contribution >= 0.6 is 15.6 Å². The summed E-state index contributed by atoms with van der Waals surface area (Å²) < 4.78 is 33.9. The standard InChI is InChI=1S/C6H14O12P2/c7-3-2(1-16-19(10,11)12)17-6(5(9)4(3)8)18-20(13,14)15/h2-9H,1H2,(H2,10,11,12)(H2,13,14,15)/t2-,3-,4+,5-,6?/m1/s1. The van der Waals surface area contributed by atoms with Crippen molar-refractivity contribution in [3.63, 3.8) is 0 Å². The maximum absolute atomic E-state index is 10.6. The summed E-state index contributed by atoms with van der Waals surface area (Å²) >= 11 is 0. The van der Waals surface area contributed by atoms with Crippen LogP contribution in [0.1, 0.15) is 0 Å². The third-order valence-electron chi connectivity index (χ3n) is 2.32. The van der Waals surface area contributed by atoms with Crippen molar-refractivity contribution in [2.24, 2.45) is 0 Å². The van der Waals surface area contributed by atoms with Gasteiger partial charge in [-0.3, -0.25) is 9.05 Å². The quantitative estimate of drug-likeness (QED) is 0.250. The van der Waals surface area contributed by atoms with E-state index in [9.17, 15) is 24.4 Å². The molecule has 1 aliphatic rings. The second kappa shape index (κ2) is 6.44. The van der Waals surface area contributed by atoms with E-state index in [4.69, 9.17) is 24.3 Å². The van der Waals surface area contributed by atoms with Gasteiger partial charge in [-0.1, -0.05) is 0 Å². The number of phosphoric acid groups is 2. The highest BCUT2D eigenvalue weighted by Gasteiger charge is 2.47. The van der Waals surface area contributed by atoms with E-state index >= 15 is 0 Å². The molecule has 0 bridgehead atoms. The van der Waals surface area contributed by atoms with Gasteiger partial charge in [0, 0.05) is 0 Å². The van der Waals surface area contributed by atoms with Crippen LogP contribution < -0.4 is 0 Å². The van der Waals surface area contributed by atoms with Gasteiger partial charge in [0.1, 0.15) is 24.4 Å². The molecule has 1 heterocycles. The minimum absolute atomic E-state index is 0.907. The SMILES string of the molecule is O=P(O)(O)OC[C@H]1OC(OP(=O)(O)O)[C@H](O)[C@@H](O)[C@@H]1O. The van der Waals surface area contributed by atoms with E-state index in [1.165, 1.54) is 0 Å². The molecule has 0 aromatic carbocycles. The van der Waals surface area contributed by atoms with Crippen LogP contribution in [0.5, 0.6) is 0 Å². The van der Waals surface area contributed by atoms with E-state index in [1.54, 1.807) is 0 Å². The van der Waals surface area contributed by atoms with Crippen LogP contribution in [-0.4, -0.2) is 72.2 Å². The Bertz CT molecular complexity index is 412. The van der Waals surface area contributed by atoms with Gasteiger partial charge in [-0.05, 0) is 0 Å². The Morgan fingerprint density at radius 1 is 0.900 bits per heavy atom. The van der Waals surface area contributed by atoms with Gasteiger partial charge < -0.3 is 39.6 Å². The van der Waals surface area contributed by atoms with Gasteiger partial charge in [-0.2, -0.15) is 0 Å². The van der Waals surface area contributed by atoms with Gasteiger partial charge in [0.2, 0.25) is 0 Å². The Kier molecular flexibility index (Phi) is 5.83. The normalized spacial score (nSPS) is 36.0. The topological polar surface area (TPSA) is 203 Å². The molecule has 0 saturated carbocycles. The number of phosphoric ester groups is 2. The van der Waals surface area contributed by atoms with Crippen LogP contribution in [-0.2, 0) is 22.9 Å². The van der Waals surface area contributed by atoms with Crippen molar-refractivity contribution in [1.29, 1.82) is 0 Å². The van der Waals surface area contributed by atoms with Gasteiger partial charge in [0.15, 0.2) is 6.29 Å². The molecule has 1 aliphatic heterocycles. The van der Waals surface area contributed by atoms with Crippen molar-refractivity contribution in [3.05, 3.63) is 0 Å². The zero-order valence-corrected chi connectivity index (χ0v) is 11.4. The Morgan fingerprint density at radius 2 is 1.45 bits per heavy atom. The lowest BCUT2D eigenvalue weighted by Gasteiger charge is -2.39. The summed E-state index contributed by atoms with van der Waals surface area (Å²) in [5.41, 5.74) is 0. The fourth-order valence-electron chi connectivity index (χ4n) is 1.45. The summed E-state index contributed by atoms with van der Waals surface area (Å²) in [6, 6.07) is 0. The maximum atomic E-state index is 10.6. The smallest absolute Gasteiger partial charge is 0.387 e. The highest BCUT2D eigenvalue weighted by molar-refractivity contribution is 7.46. The van der Waals surface area contributed by atoms with Crippen molar-refractivity contribution in [3.8, 4) is 0 Å². The van der Waals surface area contributed by atoms with Crippen LogP contribution in [0.15, 0.2) is 0 Å². The lowest BCUT2D eigenvalue weighted by molar-refractivity contribution is -0.279. The molecule has 0 spiro atoms. The Hall–Kier alpha value is 0.0600. The fraction of sp³-hybridized carbons (Fsp3) is 1.00. The zero-order chi connectivity index (χ0) is 15.7. The first-order valence-electron chi connectivity index (χ1n) is 5.04. The van der Waals surface area contributed by atoms with Gasteiger partial charge >= 0.3 is 15.6 Å². The molecule has 0 aromatic heterocycles. The fourth-order valence-corrected chi connectivity index (χ4v) is 2.23. The van der Waals surface area contributed by atoms with Crippen LogP contribution in [0.3, 0.4) is 0 Å². The summed E-state index contributed by atoms with van der Waals surface area (Å²) in [6.07, 6.45) is -9.32. The molecule has 20 heavy (non-hydrogen) atoms. The van der Waals surface area contributed by atoms with Crippen molar-refractivity contribution < 1.29 is 57.8 Å². The van der Waals surface area contributed by atoms with Crippen molar-refractivity contribution in [2.45, 2.75) is 30.7 Å². The Balaban J connectivity index is 2.76. The minimum Gasteiger partial charge on any atom is -0.387 e. The van der Waals surface area contributed by atoms with E-state index < -0.39 is 53.0 Å². The molecule has 1 unspecified atom stereocenters. The lowest BCUT2D eigenvalue weighted by Crippen LogP contribution is -2.59. The van der Waals surface area contributed by atoms with Crippen molar-refractivity contribution >= 4 is 15.6 Å². The number of rotatable bonds is 5. The third kappa shape index (κ3) is 5.45. The molecule has 12 nitrogen and oxygen atoms in total. The molecular weight excluding hydrogens is 326 g/mol. The number of hydrogen-bond donors (Lipinski definition) is 7. The molecular formula is C6H14O12P2. The van der Waals surface area contributed by atoms with Gasteiger partial charge in [-0.25, -0.2) is 9.13 Å². The van der Waals surface area contributed by atoms with E-state index in [1.807, 2.05) is 0 Å². The maximum Gasteiger partial charge on any atom is 0.472 e. The van der Waals surface area contributed by atoms with Crippen LogP contribution in [0, 0.1) is 0 Å². The number of aliphatic hydroxyl groups is 3. The summed E-state index contributed by atoms with van der Waals surface area (Å²) in [7, 11) is -9.95. The van der Waals surface area contributed by atoms with Gasteiger partial charge in [-0.15, -0.1) is 0 Å². The molecule has 14 heteroatoms. The van der Waals surface area contributed by atoms with Crippen LogP contribution in [0.25, 0.3) is 0 Å². The predicted octanol–water partition coefficient (Wildman–Crippen LogP) is -2.99. The van der Waals surface area contributed by atoms with E-state index in [-0.39, 0.29) is 0 Å². The number of aliphatic hydroxyl groups excluding tert-OH is 3. The number of ether oxygens (including phenoxy) is 1. The molecule has 7 N–H and O–H groups in total. The van der Waals surface area contributed by atoms with Gasteiger partial charge in [0.05, 0.1) is 6.61 Å². The van der Waals surface area contributed by atoms with Crippen LogP contribution in [0.2, 0.25) is 0 Å². The second-order valence-electron chi connectivity index (χ2n) is 3.90. The van der Waals surface area contributed by atoms with Crippen molar-refractivity contribution in [1.82, 2.24) is 0 Å². The monoisotopic (exact) mass is 340 g/mol. The minimum atomic E-state index is -5.07. The van der Waals surface area contributed by atoms with Crippen LogP contribution in [0.4, 0.5) is 0 Å². The highest BCUT2D eigenvalue weighted by atomic mass is 31.2. The lowest BCUT2D eigenvalue weighted by atomic mass is 10.00. The number of hydrogen-bond acceptors (Lipinski definition) is 8. The molecule has 1 rings (SSSR count). The van der Waals surface area contributed by atoms with E-state index in [2.05, 4.69) is 9.05 Å². The first-order chi connectivity index (χ1) is 8.91. The summed E-state index contributed by atoms with van der Waals surface area (Å²) in [5, 5.41) is 28.4.